The lowest BCUT2D eigenvalue weighted by molar-refractivity contribution is 0.0736. The molecule has 2 aliphatic rings. The molecular formula is C26H27F3N4O3S. The van der Waals surface area contributed by atoms with Crippen LogP contribution in [-0.2, 0) is 10.0 Å². The minimum Gasteiger partial charge on any atom is -0.336 e. The van der Waals surface area contributed by atoms with E-state index < -0.39 is 38.3 Å². The van der Waals surface area contributed by atoms with Gasteiger partial charge in [-0.15, -0.1) is 0 Å². The molecule has 0 aliphatic carbocycles. The molecule has 5 rings (SSSR count). The van der Waals surface area contributed by atoms with Gasteiger partial charge < -0.3 is 10.2 Å². The third kappa shape index (κ3) is 4.95. The molecule has 0 bridgehead atoms. The lowest BCUT2D eigenvalue weighted by atomic mass is 10.0. The van der Waals surface area contributed by atoms with E-state index in [-0.39, 0.29) is 37.5 Å². The molecule has 2 fully saturated rings. The summed E-state index contributed by atoms with van der Waals surface area (Å²) < 4.78 is 70.8. The number of fused-ring (bicyclic) bond motifs is 1. The Bertz CT molecular complexity index is 1440. The van der Waals surface area contributed by atoms with Crippen LogP contribution in [0.1, 0.15) is 28.8 Å². The summed E-state index contributed by atoms with van der Waals surface area (Å²) >= 11 is 0. The molecule has 2 aliphatic heterocycles. The third-order valence-electron chi connectivity index (χ3n) is 6.96. The van der Waals surface area contributed by atoms with Gasteiger partial charge in [0.15, 0.2) is 0 Å². The molecule has 2 saturated heterocycles. The SMILES string of the molecule is Cc1cc(-c2c(F)cc(S(=O)(=O)N3CCC(F)CC3)cc2F)nc2cc(C(=O)N3CCNCC3)ccc12. The first-order chi connectivity index (χ1) is 17.6. The van der Waals surface area contributed by atoms with Crippen molar-refractivity contribution in [3.05, 3.63) is 59.2 Å². The number of nitrogens with zero attached hydrogens (tertiary/aromatic N) is 3. The number of piperazine rings is 1. The van der Waals surface area contributed by atoms with Gasteiger partial charge in [0.05, 0.1) is 21.7 Å². The number of hydrogen-bond donors (Lipinski definition) is 1. The lowest BCUT2D eigenvalue weighted by Crippen LogP contribution is -2.46. The molecule has 0 saturated carbocycles. The fourth-order valence-corrected chi connectivity index (χ4v) is 6.37. The summed E-state index contributed by atoms with van der Waals surface area (Å²) in [5, 5.41) is 3.93. The maximum Gasteiger partial charge on any atom is 0.254 e. The molecule has 0 radical (unpaired) electrons. The van der Waals surface area contributed by atoms with Crippen molar-refractivity contribution in [3.8, 4) is 11.3 Å². The van der Waals surface area contributed by atoms with Gasteiger partial charge in [-0.3, -0.25) is 4.79 Å². The van der Waals surface area contributed by atoms with E-state index in [0.29, 0.717) is 42.8 Å². The van der Waals surface area contributed by atoms with Crippen molar-refractivity contribution < 1.29 is 26.4 Å². The number of aryl methyl sites for hydroxylation is 1. The molecule has 0 spiro atoms. The number of benzene rings is 2. The molecule has 37 heavy (non-hydrogen) atoms. The number of pyridine rings is 1. The van der Waals surface area contributed by atoms with Gasteiger partial charge in [-0.05, 0) is 55.7 Å². The molecule has 1 N–H and O–H groups in total. The summed E-state index contributed by atoms with van der Waals surface area (Å²) in [5.41, 5.74) is 1.07. The summed E-state index contributed by atoms with van der Waals surface area (Å²) in [5.74, 6) is -2.28. The Kier molecular flexibility index (Phi) is 6.95. The second-order valence-electron chi connectivity index (χ2n) is 9.44. The Labute approximate surface area is 213 Å². The molecule has 3 heterocycles. The van der Waals surface area contributed by atoms with E-state index in [0.717, 1.165) is 21.8 Å². The number of alkyl halides is 1. The number of carbonyl (C=O) groups is 1. The largest absolute Gasteiger partial charge is 0.336 e. The van der Waals surface area contributed by atoms with E-state index in [2.05, 4.69) is 10.3 Å². The number of carbonyl (C=O) groups excluding carboxylic acids is 1. The number of halogens is 3. The fraction of sp³-hybridized carbons (Fsp3) is 0.385. The van der Waals surface area contributed by atoms with Gasteiger partial charge in [-0.25, -0.2) is 26.6 Å². The quantitative estimate of drug-likeness (QED) is 0.555. The highest BCUT2D eigenvalue weighted by atomic mass is 32.2. The minimum absolute atomic E-state index is 0.00559. The Morgan fingerprint density at radius 3 is 2.30 bits per heavy atom. The molecule has 0 atom stereocenters. The van der Waals surface area contributed by atoms with E-state index in [9.17, 15) is 17.6 Å². The van der Waals surface area contributed by atoms with Crippen LogP contribution in [0.5, 0.6) is 0 Å². The molecule has 0 unspecified atom stereocenters. The first-order valence-electron chi connectivity index (χ1n) is 12.2. The molecular weight excluding hydrogens is 505 g/mol. The highest BCUT2D eigenvalue weighted by Crippen LogP contribution is 2.32. The second-order valence-corrected chi connectivity index (χ2v) is 11.4. The van der Waals surface area contributed by atoms with Crippen LogP contribution in [0, 0.1) is 18.6 Å². The predicted octanol–water partition coefficient (Wildman–Crippen LogP) is 3.66. The van der Waals surface area contributed by atoms with Crippen LogP contribution in [0.2, 0.25) is 0 Å². The van der Waals surface area contributed by atoms with Gasteiger partial charge in [-0.2, -0.15) is 4.31 Å². The summed E-state index contributed by atoms with van der Waals surface area (Å²) in [6.07, 6.45) is -0.999. The van der Waals surface area contributed by atoms with Crippen LogP contribution in [0.3, 0.4) is 0 Å². The Balaban J connectivity index is 1.51. The summed E-state index contributed by atoms with van der Waals surface area (Å²) in [6.45, 7) is 4.26. The average molecular weight is 533 g/mol. The van der Waals surface area contributed by atoms with Gasteiger partial charge in [0.2, 0.25) is 10.0 Å². The van der Waals surface area contributed by atoms with Crippen molar-refractivity contribution in [3.63, 3.8) is 0 Å². The van der Waals surface area contributed by atoms with E-state index in [1.165, 1.54) is 6.07 Å². The highest BCUT2D eigenvalue weighted by molar-refractivity contribution is 7.89. The summed E-state index contributed by atoms with van der Waals surface area (Å²) in [7, 11) is -4.18. The van der Waals surface area contributed by atoms with Gasteiger partial charge in [0.1, 0.15) is 17.8 Å². The molecule has 196 valence electrons. The molecule has 3 aromatic rings. The first-order valence-corrected chi connectivity index (χ1v) is 13.6. The molecule has 7 nitrogen and oxygen atoms in total. The maximum atomic E-state index is 15.2. The van der Waals surface area contributed by atoms with Gasteiger partial charge in [0.25, 0.3) is 5.91 Å². The van der Waals surface area contributed by atoms with E-state index >= 15 is 8.78 Å². The van der Waals surface area contributed by atoms with Crippen molar-refractivity contribution in [1.82, 2.24) is 19.5 Å². The zero-order valence-corrected chi connectivity index (χ0v) is 21.1. The molecule has 1 amide bonds. The topological polar surface area (TPSA) is 82.6 Å². The molecule has 2 aromatic carbocycles. The van der Waals surface area contributed by atoms with Gasteiger partial charge >= 0.3 is 0 Å². The Hall–Kier alpha value is -3.02. The van der Waals surface area contributed by atoms with Crippen molar-refractivity contribution >= 4 is 26.8 Å². The van der Waals surface area contributed by atoms with Crippen molar-refractivity contribution in [1.29, 1.82) is 0 Å². The molecule has 1 aromatic heterocycles. The highest BCUT2D eigenvalue weighted by Gasteiger charge is 2.31. The molecule has 11 heteroatoms. The number of rotatable bonds is 4. The average Bonchev–Trinajstić information content (AvgIpc) is 2.88. The van der Waals surface area contributed by atoms with Crippen LogP contribution in [0.15, 0.2) is 41.3 Å². The maximum absolute atomic E-state index is 15.2. The van der Waals surface area contributed by atoms with Crippen LogP contribution in [-0.4, -0.2) is 74.0 Å². The monoisotopic (exact) mass is 532 g/mol. The van der Waals surface area contributed by atoms with Crippen LogP contribution >= 0.6 is 0 Å². The number of aromatic nitrogens is 1. The van der Waals surface area contributed by atoms with Crippen LogP contribution in [0.25, 0.3) is 22.2 Å². The predicted molar refractivity (Wildman–Crippen MR) is 133 cm³/mol. The van der Waals surface area contributed by atoms with Gasteiger partial charge in [-0.1, -0.05) is 6.07 Å². The zero-order chi connectivity index (χ0) is 26.3. The lowest BCUT2D eigenvalue weighted by Gasteiger charge is -2.28. The third-order valence-corrected chi connectivity index (χ3v) is 8.84. The summed E-state index contributed by atoms with van der Waals surface area (Å²) in [4.78, 5) is 18.6. The second kappa shape index (κ2) is 10.0. The Morgan fingerprint density at radius 2 is 1.65 bits per heavy atom. The van der Waals surface area contributed by atoms with Crippen molar-refractivity contribution in [2.45, 2.75) is 30.8 Å². The number of hydrogen-bond acceptors (Lipinski definition) is 5. The van der Waals surface area contributed by atoms with Crippen LogP contribution < -0.4 is 5.32 Å². The standard InChI is InChI=1S/C26H27F3N4O3S/c1-16-12-24(31-23-13-17(2-3-20(16)23)26(34)32-10-6-30-7-11-32)25-21(28)14-19(15-22(25)29)37(35,36)33-8-4-18(27)5-9-33/h2-3,12-15,18,30H,4-11H2,1H3. The Morgan fingerprint density at radius 1 is 1.00 bits per heavy atom. The fourth-order valence-electron chi connectivity index (χ4n) is 4.87. The van der Waals surface area contributed by atoms with Crippen molar-refractivity contribution in [2.24, 2.45) is 0 Å². The van der Waals surface area contributed by atoms with E-state index in [1.807, 2.05) is 0 Å². The van der Waals surface area contributed by atoms with Crippen LogP contribution in [0.4, 0.5) is 13.2 Å². The van der Waals surface area contributed by atoms with E-state index in [1.54, 1.807) is 30.0 Å². The smallest absolute Gasteiger partial charge is 0.254 e. The normalized spacial score (nSPS) is 17.9. The van der Waals surface area contributed by atoms with Crippen molar-refractivity contribution in [2.75, 3.05) is 39.3 Å². The zero-order valence-electron chi connectivity index (χ0n) is 20.3. The minimum atomic E-state index is -4.18. The van der Waals surface area contributed by atoms with E-state index in [4.69, 9.17) is 0 Å². The first kappa shape index (κ1) is 25.6. The number of sulfonamides is 1. The number of amides is 1. The van der Waals surface area contributed by atoms with Gasteiger partial charge in [0, 0.05) is 50.2 Å². The summed E-state index contributed by atoms with van der Waals surface area (Å²) in [6, 6.07) is 8.18. The number of nitrogens with one attached hydrogen (secondary N) is 1. The number of piperidine rings is 1.